The number of rotatable bonds is 9. The summed E-state index contributed by atoms with van der Waals surface area (Å²) in [4.78, 5) is 4.71. The van der Waals surface area contributed by atoms with Gasteiger partial charge in [0.25, 0.3) is 0 Å². The van der Waals surface area contributed by atoms with Gasteiger partial charge >= 0.3 is 0 Å². The van der Waals surface area contributed by atoms with Crippen molar-refractivity contribution in [3.05, 3.63) is 96.1 Å². The fraction of sp³-hybridized carbons (Fsp3) is 0.208. The van der Waals surface area contributed by atoms with Crippen LogP contribution in [0.15, 0.2) is 84.9 Å². The van der Waals surface area contributed by atoms with Gasteiger partial charge in [0.2, 0.25) is 5.95 Å². The standard InChI is InChI=1S/C24H25N3O2/c28-21(18-29-17-20-11-5-2-6-12-20)16-27-23-14-8-7-13-22(23)26-24(27)25-15-19-9-3-1-4-10-19/h1-14,21,28H,15-18H2,(H,25,26). The second-order valence-corrected chi connectivity index (χ2v) is 7.03. The molecule has 0 aliphatic carbocycles. The Balaban J connectivity index is 1.43. The molecular formula is C24H25N3O2. The lowest BCUT2D eigenvalue weighted by Gasteiger charge is -2.16. The summed E-state index contributed by atoms with van der Waals surface area (Å²) >= 11 is 0. The molecule has 0 amide bonds. The number of aliphatic hydroxyl groups excluding tert-OH is 1. The highest BCUT2D eigenvalue weighted by Crippen LogP contribution is 2.21. The number of hydrogen-bond acceptors (Lipinski definition) is 4. The van der Waals surface area contributed by atoms with Crippen LogP contribution in [0.5, 0.6) is 0 Å². The van der Waals surface area contributed by atoms with Crippen LogP contribution < -0.4 is 5.32 Å². The van der Waals surface area contributed by atoms with Crippen molar-refractivity contribution in [2.45, 2.75) is 25.8 Å². The number of fused-ring (bicyclic) bond motifs is 1. The summed E-state index contributed by atoms with van der Waals surface area (Å²) in [6.45, 7) is 1.83. The van der Waals surface area contributed by atoms with E-state index >= 15 is 0 Å². The minimum Gasteiger partial charge on any atom is -0.389 e. The number of imidazole rings is 1. The average molecular weight is 387 g/mol. The highest BCUT2D eigenvalue weighted by molar-refractivity contribution is 5.78. The second-order valence-electron chi connectivity index (χ2n) is 7.03. The summed E-state index contributed by atoms with van der Waals surface area (Å²) in [6, 6.07) is 28.1. The van der Waals surface area contributed by atoms with Crippen molar-refractivity contribution in [2.24, 2.45) is 0 Å². The Morgan fingerprint density at radius 2 is 1.52 bits per heavy atom. The molecule has 0 saturated carbocycles. The van der Waals surface area contributed by atoms with Crippen LogP contribution in [0.2, 0.25) is 0 Å². The molecule has 1 aromatic heterocycles. The van der Waals surface area contributed by atoms with Gasteiger partial charge in [-0.1, -0.05) is 72.8 Å². The lowest BCUT2D eigenvalue weighted by Crippen LogP contribution is -2.23. The molecule has 0 aliphatic heterocycles. The smallest absolute Gasteiger partial charge is 0.204 e. The molecule has 0 spiro atoms. The van der Waals surface area contributed by atoms with Crippen molar-refractivity contribution in [3.63, 3.8) is 0 Å². The van der Waals surface area contributed by atoms with Gasteiger partial charge in [0.15, 0.2) is 0 Å². The summed E-state index contributed by atoms with van der Waals surface area (Å²) in [5.74, 6) is 0.747. The van der Waals surface area contributed by atoms with E-state index in [1.807, 2.05) is 77.4 Å². The zero-order chi connectivity index (χ0) is 19.9. The number of aromatic nitrogens is 2. The molecule has 3 aromatic carbocycles. The number of ether oxygens (including phenoxy) is 1. The molecule has 0 aliphatic rings. The van der Waals surface area contributed by atoms with E-state index in [1.165, 1.54) is 5.56 Å². The molecular weight excluding hydrogens is 362 g/mol. The molecule has 0 radical (unpaired) electrons. The lowest BCUT2D eigenvalue weighted by molar-refractivity contribution is 0.0211. The Morgan fingerprint density at radius 1 is 0.862 bits per heavy atom. The fourth-order valence-electron chi connectivity index (χ4n) is 3.32. The summed E-state index contributed by atoms with van der Waals surface area (Å²) < 4.78 is 7.73. The first-order valence-electron chi connectivity index (χ1n) is 9.82. The maximum absolute atomic E-state index is 10.6. The van der Waals surface area contributed by atoms with E-state index in [0.717, 1.165) is 22.5 Å². The second kappa shape index (κ2) is 9.37. The van der Waals surface area contributed by atoms with Crippen molar-refractivity contribution >= 4 is 17.0 Å². The first kappa shape index (κ1) is 19.2. The normalized spacial score (nSPS) is 12.2. The molecule has 5 heteroatoms. The van der Waals surface area contributed by atoms with Crippen molar-refractivity contribution in [3.8, 4) is 0 Å². The molecule has 1 heterocycles. The molecule has 29 heavy (non-hydrogen) atoms. The molecule has 1 unspecified atom stereocenters. The third-order valence-corrected chi connectivity index (χ3v) is 4.76. The minimum absolute atomic E-state index is 0.263. The van der Waals surface area contributed by atoms with Gasteiger partial charge in [-0.3, -0.25) is 0 Å². The van der Waals surface area contributed by atoms with E-state index in [0.29, 0.717) is 19.7 Å². The summed E-state index contributed by atoms with van der Waals surface area (Å²) in [7, 11) is 0. The van der Waals surface area contributed by atoms with Gasteiger partial charge in [0.1, 0.15) is 0 Å². The maximum atomic E-state index is 10.6. The van der Waals surface area contributed by atoms with Gasteiger partial charge < -0.3 is 19.7 Å². The van der Waals surface area contributed by atoms with E-state index < -0.39 is 6.10 Å². The van der Waals surface area contributed by atoms with E-state index in [4.69, 9.17) is 9.72 Å². The summed E-state index contributed by atoms with van der Waals surface area (Å²) in [5, 5.41) is 14.0. The summed E-state index contributed by atoms with van der Waals surface area (Å²) in [5.41, 5.74) is 4.17. The van der Waals surface area contributed by atoms with Gasteiger partial charge in [0, 0.05) is 6.54 Å². The van der Waals surface area contributed by atoms with Gasteiger partial charge in [-0.2, -0.15) is 0 Å². The van der Waals surface area contributed by atoms with Gasteiger partial charge in [-0.25, -0.2) is 4.98 Å². The summed E-state index contributed by atoms with van der Waals surface area (Å²) in [6.07, 6.45) is -0.631. The Bertz CT molecular complexity index is 1030. The predicted octanol–water partition coefficient (Wildman–Crippen LogP) is 4.23. The van der Waals surface area contributed by atoms with Crippen LogP contribution in [-0.2, 0) is 24.4 Å². The molecule has 0 saturated heterocycles. The Morgan fingerprint density at radius 3 is 2.28 bits per heavy atom. The van der Waals surface area contributed by atoms with E-state index in [1.54, 1.807) is 0 Å². The number of nitrogens with one attached hydrogen (secondary N) is 1. The molecule has 2 N–H and O–H groups in total. The third kappa shape index (κ3) is 5.02. The van der Waals surface area contributed by atoms with Crippen LogP contribution in [0.1, 0.15) is 11.1 Å². The Labute approximate surface area is 170 Å². The van der Waals surface area contributed by atoms with E-state index in [-0.39, 0.29) is 6.61 Å². The number of aliphatic hydroxyl groups is 1. The van der Waals surface area contributed by atoms with Crippen molar-refractivity contribution in [1.29, 1.82) is 0 Å². The SMILES string of the molecule is OC(COCc1ccccc1)Cn1c(NCc2ccccc2)nc2ccccc21. The van der Waals surface area contributed by atoms with E-state index in [9.17, 15) is 5.11 Å². The number of benzene rings is 3. The van der Waals surface area contributed by atoms with Crippen molar-refractivity contribution < 1.29 is 9.84 Å². The fourth-order valence-corrected chi connectivity index (χ4v) is 3.32. The lowest BCUT2D eigenvalue weighted by atomic mass is 10.2. The van der Waals surface area contributed by atoms with Crippen molar-refractivity contribution in [2.75, 3.05) is 11.9 Å². The zero-order valence-electron chi connectivity index (χ0n) is 16.2. The van der Waals surface area contributed by atoms with Crippen LogP contribution in [-0.4, -0.2) is 27.4 Å². The van der Waals surface area contributed by atoms with Crippen LogP contribution in [0.3, 0.4) is 0 Å². The number of anilines is 1. The maximum Gasteiger partial charge on any atom is 0.204 e. The van der Waals surface area contributed by atoms with Crippen LogP contribution in [0.25, 0.3) is 11.0 Å². The first-order valence-corrected chi connectivity index (χ1v) is 9.82. The average Bonchev–Trinajstić information content (AvgIpc) is 3.11. The minimum atomic E-state index is -0.631. The number of nitrogens with zero attached hydrogens (tertiary/aromatic N) is 2. The Kier molecular flexibility index (Phi) is 6.19. The third-order valence-electron chi connectivity index (χ3n) is 4.76. The quantitative estimate of drug-likeness (QED) is 0.451. The van der Waals surface area contributed by atoms with Crippen LogP contribution in [0.4, 0.5) is 5.95 Å². The molecule has 0 bridgehead atoms. The monoisotopic (exact) mass is 387 g/mol. The van der Waals surface area contributed by atoms with E-state index in [2.05, 4.69) is 17.4 Å². The number of para-hydroxylation sites is 2. The highest BCUT2D eigenvalue weighted by atomic mass is 16.5. The topological polar surface area (TPSA) is 59.3 Å². The highest BCUT2D eigenvalue weighted by Gasteiger charge is 2.14. The number of hydrogen-bond donors (Lipinski definition) is 2. The van der Waals surface area contributed by atoms with Crippen LogP contribution >= 0.6 is 0 Å². The molecule has 148 valence electrons. The van der Waals surface area contributed by atoms with Gasteiger partial charge in [0.05, 0.1) is 36.9 Å². The molecule has 1 atom stereocenters. The predicted molar refractivity (Wildman–Crippen MR) is 116 cm³/mol. The van der Waals surface area contributed by atoms with Gasteiger partial charge in [-0.05, 0) is 23.3 Å². The zero-order valence-corrected chi connectivity index (χ0v) is 16.2. The Hall–Kier alpha value is -3.15. The van der Waals surface area contributed by atoms with Crippen LogP contribution in [0, 0.1) is 0 Å². The first-order chi connectivity index (χ1) is 14.3. The molecule has 4 rings (SSSR count). The van der Waals surface area contributed by atoms with Crippen molar-refractivity contribution in [1.82, 2.24) is 9.55 Å². The largest absolute Gasteiger partial charge is 0.389 e. The van der Waals surface area contributed by atoms with Gasteiger partial charge in [-0.15, -0.1) is 0 Å². The molecule has 5 nitrogen and oxygen atoms in total. The molecule has 0 fully saturated rings. The molecule has 4 aromatic rings.